The van der Waals surface area contributed by atoms with Crippen LogP contribution >= 0.6 is 0 Å². The Bertz CT molecular complexity index is 383. The molecule has 3 rings (SSSR count). The number of aryl methyl sites for hydroxylation is 1. The van der Waals surface area contributed by atoms with Crippen LogP contribution in [-0.2, 0) is 12.8 Å². The highest BCUT2D eigenvalue weighted by Crippen LogP contribution is 2.31. The number of para-hydroxylation sites is 1. The van der Waals surface area contributed by atoms with Crippen molar-refractivity contribution in [2.75, 3.05) is 19.7 Å². The Balaban J connectivity index is 1.77. The van der Waals surface area contributed by atoms with Crippen molar-refractivity contribution in [3.8, 4) is 5.75 Å². The van der Waals surface area contributed by atoms with Crippen molar-refractivity contribution in [3.63, 3.8) is 0 Å². The molecule has 1 N–H and O–H groups in total. The van der Waals surface area contributed by atoms with Crippen LogP contribution in [0.5, 0.6) is 5.75 Å². The van der Waals surface area contributed by atoms with Crippen LogP contribution in [-0.4, -0.2) is 19.7 Å². The summed E-state index contributed by atoms with van der Waals surface area (Å²) in [5.74, 6) is 2.05. The SMILES string of the molecule is c1cc2c(c(CC3CCNCC3)c1)OCCC2. The Morgan fingerprint density at radius 1 is 1.24 bits per heavy atom. The van der Waals surface area contributed by atoms with Gasteiger partial charge < -0.3 is 10.1 Å². The number of ether oxygens (including phenoxy) is 1. The van der Waals surface area contributed by atoms with Crippen LogP contribution in [0.3, 0.4) is 0 Å². The van der Waals surface area contributed by atoms with E-state index in [2.05, 4.69) is 23.5 Å². The largest absolute Gasteiger partial charge is 0.493 e. The van der Waals surface area contributed by atoms with Gasteiger partial charge in [0.25, 0.3) is 0 Å². The zero-order valence-electron chi connectivity index (χ0n) is 10.4. The van der Waals surface area contributed by atoms with Crippen LogP contribution in [0.15, 0.2) is 18.2 Å². The van der Waals surface area contributed by atoms with Crippen LogP contribution < -0.4 is 10.1 Å². The quantitative estimate of drug-likeness (QED) is 0.844. The Morgan fingerprint density at radius 3 is 3.00 bits per heavy atom. The molecule has 0 aromatic heterocycles. The fourth-order valence-corrected chi connectivity index (χ4v) is 3.01. The van der Waals surface area contributed by atoms with Crippen LogP contribution in [0.1, 0.15) is 30.4 Å². The van der Waals surface area contributed by atoms with E-state index in [0.717, 1.165) is 12.5 Å². The lowest BCUT2D eigenvalue weighted by molar-refractivity contribution is 0.281. The molecule has 0 aliphatic carbocycles. The van der Waals surface area contributed by atoms with Gasteiger partial charge in [-0.15, -0.1) is 0 Å². The summed E-state index contributed by atoms with van der Waals surface area (Å²) in [5, 5.41) is 3.43. The average molecular weight is 231 g/mol. The second-order valence-corrected chi connectivity index (χ2v) is 5.25. The smallest absolute Gasteiger partial charge is 0.125 e. The molecule has 17 heavy (non-hydrogen) atoms. The molecule has 2 heterocycles. The first kappa shape index (κ1) is 11.1. The van der Waals surface area contributed by atoms with Crippen LogP contribution in [0, 0.1) is 5.92 Å². The van der Waals surface area contributed by atoms with E-state index in [1.54, 1.807) is 0 Å². The van der Waals surface area contributed by atoms with E-state index in [0.29, 0.717) is 0 Å². The summed E-state index contributed by atoms with van der Waals surface area (Å²) in [6.45, 7) is 3.26. The van der Waals surface area contributed by atoms with Crippen molar-refractivity contribution in [1.29, 1.82) is 0 Å². The highest BCUT2D eigenvalue weighted by molar-refractivity contribution is 5.43. The van der Waals surface area contributed by atoms with Gasteiger partial charge in [0.15, 0.2) is 0 Å². The van der Waals surface area contributed by atoms with Gasteiger partial charge in [0, 0.05) is 0 Å². The number of fused-ring (bicyclic) bond motifs is 1. The monoisotopic (exact) mass is 231 g/mol. The normalized spacial score (nSPS) is 20.7. The summed E-state index contributed by atoms with van der Waals surface area (Å²) in [5.41, 5.74) is 2.86. The zero-order chi connectivity index (χ0) is 11.5. The lowest BCUT2D eigenvalue weighted by atomic mass is 9.89. The number of hydrogen-bond acceptors (Lipinski definition) is 2. The molecule has 2 nitrogen and oxygen atoms in total. The highest BCUT2D eigenvalue weighted by Gasteiger charge is 2.19. The highest BCUT2D eigenvalue weighted by atomic mass is 16.5. The topological polar surface area (TPSA) is 21.3 Å². The summed E-state index contributed by atoms with van der Waals surface area (Å²) in [4.78, 5) is 0. The maximum atomic E-state index is 5.88. The second kappa shape index (κ2) is 5.09. The molecule has 0 unspecified atom stereocenters. The molecular weight excluding hydrogens is 210 g/mol. The summed E-state index contributed by atoms with van der Waals surface area (Å²) >= 11 is 0. The van der Waals surface area contributed by atoms with Crippen LogP contribution in [0.25, 0.3) is 0 Å². The van der Waals surface area contributed by atoms with Gasteiger partial charge in [-0.3, -0.25) is 0 Å². The summed E-state index contributed by atoms with van der Waals surface area (Å²) in [7, 11) is 0. The van der Waals surface area contributed by atoms with Gasteiger partial charge in [-0.05, 0) is 62.2 Å². The van der Waals surface area contributed by atoms with E-state index in [9.17, 15) is 0 Å². The van der Waals surface area contributed by atoms with Gasteiger partial charge in [0.1, 0.15) is 5.75 Å². The third-order valence-corrected chi connectivity index (χ3v) is 3.98. The minimum absolute atomic E-state index is 0.841. The van der Waals surface area contributed by atoms with Crippen molar-refractivity contribution in [3.05, 3.63) is 29.3 Å². The van der Waals surface area contributed by atoms with Crippen molar-refractivity contribution in [2.24, 2.45) is 5.92 Å². The van der Waals surface area contributed by atoms with Crippen molar-refractivity contribution < 1.29 is 4.74 Å². The van der Waals surface area contributed by atoms with E-state index in [1.165, 1.54) is 62.1 Å². The van der Waals surface area contributed by atoms with Gasteiger partial charge in [0.05, 0.1) is 6.61 Å². The fraction of sp³-hybridized carbons (Fsp3) is 0.600. The summed E-state index contributed by atoms with van der Waals surface area (Å²) < 4.78 is 5.88. The summed E-state index contributed by atoms with van der Waals surface area (Å²) in [6.07, 6.45) is 6.18. The van der Waals surface area contributed by atoms with E-state index < -0.39 is 0 Å². The number of benzene rings is 1. The van der Waals surface area contributed by atoms with Gasteiger partial charge in [-0.1, -0.05) is 18.2 Å². The van der Waals surface area contributed by atoms with E-state index in [1.807, 2.05) is 0 Å². The van der Waals surface area contributed by atoms with Gasteiger partial charge in [0.2, 0.25) is 0 Å². The molecule has 2 aliphatic heterocycles. The molecule has 0 spiro atoms. The number of piperidine rings is 1. The minimum Gasteiger partial charge on any atom is -0.493 e. The minimum atomic E-state index is 0.841. The molecule has 0 amide bonds. The van der Waals surface area contributed by atoms with Crippen LogP contribution in [0.4, 0.5) is 0 Å². The maximum absolute atomic E-state index is 5.88. The Morgan fingerprint density at radius 2 is 2.12 bits per heavy atom. The second-order valence-electron chi connectivity index (χ2n) is 5.25. The molecule has 92 valence electrons. The number of nitrogens with one attached hydrogen (secondary N) is 1. The van der Waals surface area contributed by atoms with Gasteiger partial charge in [-0.2, -0.15) is 0 Å². The molecule has 2 aliphatic rings. The average Bonchev–Trinajstić information content (AvgIpc) is 2.40. The van der Waals surface area contributed by atoms with Crippen molar-refractivity contribution in [2.45, 2.75) is 32.1 Å². The predicted octanol–water partition coefficient (Wildman–Crippen LogP) is 2.55. The molecule has 0 radical (unpaired) electrons. The molecule has 1 fully saturated rings. The molecule has 1 aromatic rings. The molecular formula is C15H21NO. The van der Waals surface area contributed by atoms with E-state index in [-0.39, 0.29) is 0 Å². The van der Waals surface area contributed by atoms with Crippen LogP contribution in [0.2, 0.25) is 0 Å². The molecule has 1 aromatic carbocycles. The Hall–Kier alpha value is -1.02. The number of rotatable bonds is 2. The van der Waals surface area contributed by atoms with E-state index in [4.69, 9.17) is 4.74 Å². The first-order valence-electron chi connectivity index (χ1n) is 6.88. The first-order chi connectivity index (χ1) is 8.43. The lowest BCUT2D eigenvalue weighted by Gasteiger charge is -2.25. The fourth-order valence-electron chi connectivity index (χ4n) is 3.01. The zero-order valence-corrected chi connectivity index (χ0v) is 10.4. The Labute approximate surface area is 103 Å². The Kier molecular flexibility index (Phi) is 3.32. The first-order valence-corrected chi connectivity index (χ1v) is 6.88. The lowest BCUT2D eigenvalue weighted by Crippen LogP contribution is -2.28. The van der Waals surface area contributed by atoms with Crippen molar-refractivity contribution in [1.82, 2.24) is 5.32 Å². The third-order valence-electron chi connectivity index (χ3n) is 3.98. The number of hydrogen-bond donors (Lipinski definition) is 1. The standard InChI is InChI=1S/C15H21NO/c1-3-13-5-2-10-17-15(13)14(4-1)11-12-6-8-16-9-7-12/h1,3-4,12,16H,2,5-11H2. The van der Waals surface area contributed by atoms with Gasteiger partial charge in [-0.25, -0.2) is 0 Å². The molecule has 0 bridgehead atoms. The third kappa shape index (κ3) is 2.47. The molecule has 2 heteroatoms. The maximum Gasteiger partial charge on any atom is 0.125 e. The predicted molar refractivity (Wildman–Crippen MR) is 69.6 cm³/mol. The summed E-state index contributed by atoms with van der Waals surface area (Å²) in [6, 6.07) is 6.68. The van der Waals surface area contributed by atoms with Gasteiger partial charge >= 0.3 is 0 Å². The molecule has 0 saturated carbocycles. The molecule has 0 atom stereocenters. The molecule has 1 saturated heterocycles. The van der Waals surface area contributed by atoms with Crippen molar-refractivity contribution >= 4 is 0 Å². The van der Waals surface area contributed by atoms with E-state index >= 15 is 0 Å².